The molecule has 5 rings (SSSR count). The zero-order chi connectivity index (χ0) is 22.3. The quantitative estimate of drug-likeness (QED) is 0.535. The van der Waals surface area contributed by atoms with Crippen molar-refractivity contribution in [3.63, 3.8) is 0 Å². The van der Waals surface area contributed by atoms with Crippen LogP contribution in [0.25, 0.3) is 0 Å². The summed E-state index contributed by atoms with van der Waals surface area (Å²) in [4.78, 5) is 15.5. The number of halogens is 1. The van der Waals surface area contributed by atoms with E-state index in [1.54, 1.807) is 0 Å². The van der Waals surface area contributed by atoms with E-state index in [9.17, 15) is 9.90 Å². The number of ether oxygens (including phenoxy) is 1. The molecule has 0 saturated heterocycles. The van der Waals surface area contributed by atoms with Crippen LogP contribution in [-0.4, -0.2) is 29.1 Å². The molecule has 3 aromatic carbocycles. The lowest BCUT2D eigenvalue weighted by atomic mass is 9.92. The molecule has 1 atom stereocenters. The van der Waals surface area contributed by atoms with Crippen LogP contribution in [0.3, 0.4) is 0 Å². The van der Waals surface area contributed by atoms with E-state index in [1.165, 1.54) is 5.56 Å². The normalized spacial score (nSPS) is 21.0. The smallest absolute Gasteiger partial charge is 0.257 e. The number of nitrogens with zero attached hydrogens (tertiary/aromatic N) is 1. The lowest BCUT2D eigenvalue weighted by Gasteiger charge is -2.40. The molecular weight excluding hydrogens is 422 g/mol. The first-order chi connectivity index (χ1) is 15.5. The Kier molecular flexibility index (Phi) is 5.32. The van der Waals surface area contributed by atoms with Gasteiger partial charge in [-0.15, -0.1) is 0 Å². The van der Waals surface area contributed by atoms with Crippen LogP contribution in [0, 0.1) is 12.3 Å². The molecule has 32 heavy (non-hydrogen) atoms. The van der Waals surface area contributed by atoms with Gasteiger partial charge in [-0.05, 0) is 43.5 Å². The predicted molar refractivity (Wildman–Crippen MR) is 124 cm³/mol. The minimum absolute atomic E-state index is 0.0648. The van der Waals surface area contributed by atoms with E-state index in [1.807, 2.05) is 72.5 Å². The van der Waals surface area contributed by atoms with Gasteiger partial charge in [0.15, 0.2) is 5.72 Å². The maximum Gasteiger partial charge on any atom is 0.257 e. The summed E-state index contributed by atoms with van der Waals surface area (Å²) >= 11 is 6.20. The minimum Gasteiger partial charge on any atom is -0.396 e. The van der Waals surface area contributed by atoms with E-state index in [2.05, 4.69) is 12.1 Å². The standard InChI is InChI=1S/C27H26ClNO3/c1-19-6-8-20(9-7-19)16-29-25(31)23-4-2-3-5-24(23)27(29,21-10-12-22(28)13-11-21)32-18-26(17-30)14-15-26/h2-13,30H,14-18H2,1H3. The second-order valence-electron chi connectivity index (χ2n) is 9.02. The molecule has 1 aliphatic heterocycles. The van der Waals surface area contributed by atoms with Crippen LogP contribution in [0.2, 0.25) is 5.02 Å². The van der Waals surface area contributed by atoms with Gasteiger partial charge in [0, 0.05) is 33.7 Å². The van der Waals surface area contributed by atoms with Gasteiger partial charge in [0.2, 0.25) is 0 Å². The van der Waals surface area contributed by atoms with Gasteiger partial charge in [-0.3, -0.25) is 9.69 Å². The molecule has 4 nitrogen and oxygen atoms in total. The molecule has 5 heteroatoms. The molecule has 0 radical (unpaired) electrons. The molecule has 1 N–H and O–H groups in total. The topological polar surface area (TPSA) is 49.8 Å². The Morgan fingerprint density at radius 2 is 1.69 bits per heavy atom. The Morgan fingerprint density at radius 1 is 1.00 bits per heavy atom. The van der Waals surface area contributed by atoms with Crippen molar-refractivity contribution in [3.05, 3.63) is 106 Å². The van der Waals surface area contributed by atoms with Crippen molar-refractivity contribution in [1.82, 2.24) is 4.90 Å². The molecule has 0 spiro atoms. The highest BCUT2D eigenvalue weighted by molar-refractivity contribution is 6.30. The summed E-state index contributed by atoms with van der Waals surface area (Å²) in [5.74, 6) is -0.0648. The number of carbonyl (C=O) groups excluding carboxylic acids is 1. The third-order valence-electron chi connectivity index (χ3n) is 6.72. The Morgan fingerprint density at radius 3 is 2.34 bits per heavy atom. The highest BCUT2D eigenvalue weighted by atomic mass is 35.5. The Labute approximate surface area is 193 Å². The SMILES string of the molecule is Cc1ccc(CN2C(=O)c3ccccc3C2(OCC2(CO)CC2)c2ccc(Cl)cc2)cc1. The highest BCUT2D eigenvalue weighted by Crippen LogP contribution is 2.51. The second-order valence-corrected chi connectivity index (χ2v) is 9.46. The Balaban J connectivity index is 1.65. The molecule has 1 saturated carbocycles. The van der Waals surface area contributed by atoms with Crippen molar-refractivity contribution < 1.29 is 14.6 Å². The molecule has 1 fully saturated rings. The van der Waals surface area contributed by atoms with Crippen molar-refractivity contribution in [1.29, 1.82) is 0 Å². The summed E-state index contributed by atoms with van der Waals surface area (Å²) in [7, 11) is 0. The monoisotopic (exact) mass is 447 g/mol. The van der Waals surface area contributed by atoms with Crippen molar-refractivity contribution in [3.8, 4) is 0 Å². The molecule has 1 heterocycles. The van der Waals surface area contributed by atoms with Gasteiger partial charge in [0.05, 0.1) is 13.2 Å². The average Bonchev–Trinajstić information content (AvgIpc) is 3.56. The second kappa shape index (κ2) is 8.04. The average molecular weight is 448 g/mol. The lowest BCUT2D eigenvalue weighted by Crippen LogP contribution is -2.47. The molecule has 164 valence electrons. The summed E-state index contributed by atoms with van der Waals surface area (Å²) in [6, 6.07) is 23.4. The summed E-state index contributed by atoms with van der Waals surface area (Å²) < 4.78 is 6.74. The molecule has 0 aromatic heterocycles. The van der Waals surface area contributed by atoms with Gasteiger partial charge >= 0.3 is 0 Å². The molecule has 1 amide bonds. The molecule has 1 aliphatic carbocycles. The van der Waals surface area contributed by atoms with Crippen LogP contribution >= 0.6 is 11.6 Å². The van der Waals surface area contributed by atoms with Crippen LogP contribution in [0.5, 0.6) is 0 Å². The number of amides is 1. The number of aliphatic hydroxyl groups excluding tert-OH is 1. The maximum absolute atomic E-state index is 13.7. The van der Waals surface area contributed by atoms with Gasteiger partial charge < -0.3 is 9.84 Å². The molecule has 1 unspecified atom stereocenters. The summed E-state index contributed by atoms with van der Waals surface area (Å²) in [6.45, 7) is 2.91. The van der Waals surface area contributed by atoms with Gasteiger partial charge in [0.1, 0.15) is 0 Å². The zero-order valence-electron chi connectivity index (χ0n) is 18.1. The van der Waals surface area contributed by atoms with Crippen molar-refractivity contribution in [2.24, 2.45) is 5.41 Å². The number of rotatable bonds is 7. The van der Waals surface area contributed by atoms with E-state index in [-0.39, 0.29) is 17.9 Å². The van der Waals surface area contributed by atoms with E-state index in [0.717, 1.165) is 29.5 Å². The summed E-state index contributed by atoms with van der Waals surface area (Å²) in [6.07, 6.45) is 1.85. The van der Waals surface area contributed by atoms with E-state index >= 15 is 0 Å². The third kappa shape index (κ3) is 3.53. The van der Waals surface area contributed by atoms with E-state index in [0.29, 0.717) is 23.7 Å². The zero-order valence-corrected chi connectivity index (χ0v) is 18.8. The molecular formula is C27H26ClNO3. The lowest BCUT2D eigenvalue weighted by molar-refractivity contribution is -0.128. The van der Waals surface area contributed by atoms with E-state index in [4.69, 9.17) is 16.3 Å². The summed E-state index contributed by atoms with van der Waals surface area (Å²) in [5.41, 5.74) is 3.20. The number of fused-ring (bicyclic) bond motifs is 1. The van der Waals surface area contributed by atoms with Gasteiger partial charge in [-0.1, -0.05) is 71.8 Å². The van der Waals surface area contributed by atoms with Gasteiger partial charge in [-0.25, -0.2) is 0 Å². The number of benzene rings is 3. The maximum atomic E-state index is 13.7. The van der Waals surface area contributed by atoms with Crippen molar-refractivity contribution in [2.45, 2.75) is 32.0 Å². The first-order valence-corrected chi connectivity index (χ1v) is 11.3. The Bertz CT molecular complexity index is 1140. The number of carbonyl (C=O) groups is 1. The van der Waals surface area contributed by atoms with E-state index < -0.39 is 5.72 Å². The first-order valence-electron chi connectivity index (χ1n) is 11.0. The van der Waals surface area contributed by atoms with Crippen LogP contribution in [0.1, 0.15) is 45.5 Å². The third-order valence-corrected chi connectivity index (χ3v) is 6.98. The highest BCUT2D eigenvalue weighted by Gasteiger charge is 2.54. The Hall–Kier alpha value is -2.66. The fraction of sp³-hybridized carbons (Fsp3) is 0.296. The number of hydrogen-bond acceptors (Lipinski definition) is 3. The van der Waals surface area contributed by atoms with Crippen molar-refractivity contribution >= 4 is 17.5 Å². The van der Waals surface area contributed by atoms with Crippen LogP contribution < -0.4 is 0 Å². The van der Waals surface area contributed by atoms with Crippen LogP contribution in [-0.2, 0) is 17.0 Å². The molecule has 0 bridgehead atoms. The predicted octanol–water partition coefficient (Wildman–Crippen LogP) is 5.29. The summed E-state index contributed by atoms with van der Waals surface area (Å²) in [5, 5.41) is 10.5. The van der Waals surface area contributed by atoms with Crippen LogP contribution in [0.4, 0.5) is 0 Å². The largest absolute Gasteiger partial charge is 0.396 e. The first kappa shape index (κ1) is 21.2. The van der Waals surface area contributed by atoms with Crippen molar-refractivity contribution in [2.75, 3.05) is 13.2 Å². The van der Waals surface area contributed by atoms with Gasteiger partial charge in [-0.2, -0.15) is 0 Å². The molecule has 3 aromatic rings. The van der Waals surface area contributed by atoms with Crippen LogP contribution in [0.15, 0.2) is 72.8 Å². The number of aliphatic hydroxyl groups is 1. The fourth-order valence-corrected chi connectivity index (χ4v) is 4.59. The number of aryl methyl sites for hydroxylation is 1. The minimum atomic E-state index is -1.09. The molecule has 2 aliphatic rings. The van der Waals surface area contributed by atoms with Gasteiger partial charge in [0.25, 0.3) is 5.91 Å². The number of hydrogen-bond donors (Lipinski definition) is 1. The fourth-order valence-electron chi connectivity index (χ4n) is 4.47.